The molecule has 7 rings (SSSR count). The van der Waals surface area contributed by atoms with Gasteiger partial charge in [-0.2, -0.15) is 20.1 Å². The summed E-state index contributed by atoms with van der Waals surface area (Å²) in [5.41, 5.74) is 3.70. The second-order valence-corrected chi connectivity index (χ2v) is 11.8. The maximum atomic E-state index is 12.8. The van der Waals surface area contributed by atoms with Crippen LogP contribution in [0.25, 0.3) is 5.69 Å². The number of rotatable bonds is 11. The molecule has 3 atom stereocenters. The quantitative estimate of drug-likeness (QED) is 0.212. The molecular formula is C33H38N10O4. The Morgan fingerprint density at radius 2 is 1.51 bits per heavy atom. The van der Waals surface area contributed by atoms with Crippen LogP contribution in [0.3, 0.4) is 0 Å². The van der Waals surface area contributed by atoms with Crippen molar-refractivity contribution in [2.45, 2.75) is 44.7 Å². The maximum absolute atomic E-state index is 12.8. The molecule has 2 aromatic carbocycles. The van der Waals surface area contributed by atoms with Crippen LogP contribution in [0.1, 0.15) is 31.9 Å². The van der Waals surface area contributed by atoms with Gasteiger partial charge >= 0.3 is 5.69 Å². The zero-order valence-electron chi connectivity index (χ0n) is 26.5. The van der Waals surface area contributed by atoms with Crippen LogP contribution in [0.2, 0.25) is 0 Å². The van der Waals surface area contributed by atoms with E-state index < -0.39 is 5.79 Å². The van der Waals surface area contributed by atoms with Gasteiger partial charge in [0.25, 0.3) is 0 Å². The van der Waals surface area contributed by atoms with Gasteiger partial charge in [0.15, 0.2) is 0 Å². The fraction of sp³-hybridized carbons (Fsp3) is 0.394. The standard InChI is InChI=1S/C33H38N10O4/c1-3-25(2)43-32(44)41(24-38-43)29-6-4-27(5-7-29)39-14-16-40(17-15-39)28-8-10-30(11-9-28)45-20-31-21-46-33(47-31,22-42-36-12-13-37-42)26-18-34-23-35-19-26/h4-13,18-19,23-25,31H,3,14-17,20-22H2,1-2H3. The third-order valence-corrected chi connectivity index (χ3v) is 8.79. The molecule has 0 saturated carbocycles. The number of aromatic nitrogens is 8. The Morgan fingerprint density at radius 3 is 2.15 bits per heavy atom. The van der Waals surface area contributed by atoms with E-state index in [1.165, 1.54) is 11.1 Å². The molecule has 0 spiro atoms. The summed E-state index contributed by atoms with van der Waals surface area (Å²) in [6.07, 6.45) is 10.2. The van der Waals surface area contributed by atoms with Gasteiger partial charge in [-0.05, 0) is 61.9 Å². The monoisotopic (exact) mass is 638 g/mol. The SMILES string of the molecule is CCC(C)n1ncn(-c2ccc(N3CCN(c4ccc(OCC5COC(Cn6nccn6)(c6cncnc6)O5)cc4)CC3)cc2)c1=O. The van der Waals surface area contributed by atoms with Gasteiger partial charge in [-0.15, -0.1) is 0 Å². The highest BCUT2D eigenvalue weighted by Crippen LogP contribution is 2.35. The summed E-state index contributed by atoms with van der Waals surface area (Å²) in [5.74, 6) is -0.335. The van der Waals surface area contributed by atoms with Gasteiger partial charge in [-0.25, -0.2) is 24.0 Å². The van der Waals surface area contributed by atoms with E-state index in [1.807, 2.05) is 38.1 Å². The molecule has 3 unspecified atom stereocenters. The Labute approximate surface area is 272 Å². The summed E-state index contributed by atoms with van der Waals surface area (Å²) < 4.78 is 21.8. The Hall–Kier alpha value is -5.08. The first-order chi connectivity index (χ1) is 23.0. The van der Waals surface area contributed by atoms with Gasteiger partial charge in [0.05, 0.1) is 30.7 Å². The number of nitrogens with zero attached hydrogens (tertiary/aromatic N) is 10. The molecule has 2 aliphatic heterocycles. The predicted octanol–water partition coefficient (Wildman–Crippen LogP) is 3.06. The number of piperazine rings is 1. The predicted molar refractivity (Wildman–Crippen MR) is 174 cm³/mol. The van der Waals surface area contributed by atoms with Crippen molar-refractivity contribution in [2.24, 2.45) is 0 Å². The van der Waals surface area contributed by atoms with Gasteiger partial charge in [0.1, 0.15) is 37.7 Å². The summed E-state index contributed by atoms with van der Waals surface area (Å²) in [7, 11) is 0. The van der Waals surface area contributed by atoms with E-state index in [-0.39, 0.29) is 24.4 Å². The minimum absolute atomic E-state index is 0.0686. The first-order valence-corrected chi connectivity index (χ1v) is 15.9. The van der Waals surface area contributed by atoms with Crippen molar-refractivity contribution in [1.82, 2.24) is 39.3 Å². The van der Waals surface area contributed by atoms with Crippen LogP contribution in [0.4, 0.5) is 11.4 Å². The lowest BCUT2D eigenvalue weighted by molar-refractivity contribution is -0.192. The second kappa shape index (κ2) is 13.3. The minimum atomic E-state index is -1.10. The molecule has 2 fully saturated rings. The average molecular weight is 639 g/mol. The topological polar surface area (TPSA) is 130 Å². The lowest BCUT2D eigenvalue weighted by Gasteiger charge is -2.37. The number of anilines is 2. The van der Waals surface area contributed by atoms with Crippen LogP contribution in [0, 0.1) is 0 Å². The molecule has 5 heterocycles. The van der Waals surface area contributed by atoms with Crippen molar-refractivity contribution in [3.05, 3.63) is 102 Å². The molecule has 0 bridgehead atoms. The number of ether oxygens (including phenoxy) is 3. The third kappa shape index (κ3) is 6.46. The molecule has 0 radical (unpaired) electrons. The zero-order chi connectivity index (χ0) is 32.2. The summed E-state index contributed by atoms with van der Waals surface area (Å²) in [4.78, 5) is 27.3. The Balaban J connectivity index is 0.913. The van der Waals surface area contributed by atoms with E-state index in [0.717, 1.165) is 55.4 Å². The van der Waals surface area contributed by atoms with E-state index in [1.54, 1.807) is 40.4 Å². The largest absolute Gasteiger partial charge is 0.491 e. The van der Waals surface area contributed by atoms with Crippen molar-refractivity contribution >= 4 is 11.4 Å². The molecular weight excluding hydrogens is 600 g/mol. The zero-order valence-corrected chi connectivity index (χ0v) is 26.5. The first-order valence-electron chi connectivity index (χ1n) is 15.9. The fourth-order valence-electron chi connectivity index (χ4n) is 5.94. The van der Waals surface area contributed by atoms with Crippen molar-refractivity contribution in [3.63, 3.8) is 0 Å². The van der Waals surface area contributed by atoms with Crippen molar-refractivity contribution < 1.29 is 14.2 Å². The molecule has 2 aliphatic rings. The van der Waals surface area contributed by atoms with Crippen LogP contribution in [-0.4, -0.2) is 84.8 Å². The van der Waals surface area contributed by atoms with Gasteiger partial charge < -0.3 is 24.0 Å². The number of benzene rings is 2. The highest BCUT2D eigenvalue weighted by atomic mass is 16.8. The summed E-state index contributed by atoms with van der Waals surface area (Å²) >= 11 is 0. The van der Waals surface area contributed by atoms with E-state index in [0.29, 0.717) is 18.8 Å². The van der Waals surface area contributed by atoms with Gasteiger partial charge in [-0.3, -0.25) is 0 Å². The number of hydrogen-bond acceptors (Lipinski definition) is 11. The minimum Gasteiger partial charge on any atom is -0.491 e. The Morgan fingerprint density at radius 1 is 0.894 bits per heavy atom. The Bertz CT molecular complexity index is 1790. The molecule has 3 aromatic heterocycles. The number of hydrogen-bond donors (Lipinski definition) is 0. The highest BCUT2D eigenvalue weighted by molar-refractivity contribution is 5.54. The smallest absolute Gasteiger partial charge is 0.350 e. The first kappa shape index (κ1) is 30.6. The van der Waals surface area contributed by atoms with Crippen LogP contribution in [0.5, 0.6) is 5.75 Å². The molecule has 244 valence electrons. The molecule has 47 heavy (non-hydrogen) atoms. The summed E-state index contributed by atoms with van der Waals surface area (Å²) in [6, 6.07) is 16.4. The normalized spacial score (nSPS) is 20.4. The van der Waals surface area contributed by atoms with Crippen molar-refractivity contribution in [1.29, 1.82) is 0 Å². The van der Waals surface area contributed by atoms with E-state index in [4.69, 9.17) is 14.2 Å². The molecule has 5 aromatic rings. The van der Waals surface area contributed by atoms with Crippen LogP contribution in [0.15, 0.2) is 90.8 Å². The molecule has 14 nitrogen and oxygen atoms in total. The fourth-order valence-corrected chi connectivity index (χ4v) is 5.94. The third-order valence-electron chi connectivity index (χ3n) is 8.79. The molecule has 0 N–H and O–H groups in total. The second-order valence-electron chi connectivity index (χ2n) is 11.8. The molecule has 14 heteroatoms. The maximum Gasteiger partial charge on any atom is 0.350 e. The summed E-state index contributed by atoms with van der Waals surface area (Å²) in [5, 5.41) is 12.7. The van der Waals surface area contributed by atoms with Gasteiger partial charge in [-0.1, -0.05) is 6.92 Å². The average Bonchev–Trinajstić information content (AvgIpc) is 3.89. The van der Waals surface area contributed by atoms with Crippen molar-refractivity contribution in [2.75, 3.05) is 49.2 Å². The molecule has 2 saturated heterocycles. The van der Waals surface area contributed by atoms with E-state index in [9.17, 15) is 4.79 Å². The molecule has 0 aliphatic carbocycles. The summed E-state index contributed by atoms with van der Waals surface area (Å²) in [6.45, 7) is 8.57. The highest BCUT2D eigenvalue weighted by Gasteiger charge is 2.45. The van der Waals surface area contributed by atoms with Crippen LogP contribution in [-0.2, 0) is 21.8 Å². The molecule has 0 amide bonds. The van der Waals surface area contributed by atoms with Crippen molar-refractivity contribution in [3.8, 4) is 11.4 Å². The van der Waals surface area contributed by atoms with Gasteiger partial charge in [0.2, 0.25) is 5.79 Å². The Kier molecular flexibility index (Phi) is 8.68. The van der Waals surface area contributed by atoms with Gasteiger partial charge in [0, 0.05) is 55.5 Å². The van der Waals surface area contributed by atoms with E-state index >= 15 is 0 Å². The lowest BCUT2D eigenvalue weighted by Crippen LogP contribution is -2.46. The van der Waals surface area contributed by atoms with Crippen LogP contribution < -0.4 is 20.2 Å². The lowest BCUT2D eigenvalue weighted by atomic mass is 10.1. The van der Waals surface area contributed by atoms with Crippen LogP contribution >= 0.6 is 0 Å². The van der Waals surface area contributed by atoms with E-state index in [2.05, 4.69) is 59.3 Å².